The van der Waals surface area contributed by atoms with Gasteiger partial charge in [-0.05, 0) is 32.1 Å². The van der Waals surface area contributed by atoms with Crippen molar-refractivity contribution in [3.63, 3.8) is 0 Å². The van der Waals surface area contributed by atoms with Crippen molar-refractivity contribution in [2.45, 2.75) is 62.9 Å². The van der Waals surface area contributed by atoms with Crippen molar-refractivity contribution in [1.29, 1.82) is 0 Å². The molecule has 0 radical (unpaired) electrons. The van der Waals surface area contributed by atoms with Crippen molar-refractivity contribution in [3.8, 4) is 0 Å². The zero-order valence-electron chi connectivity index (χ0n) is 10.4. The van der Waals surface area contributed by atoms with Crippen LogP contribution < -0.4 is 0 Å². The largest absolute Gasteiger partial charge is 0.393 e. The molecule has 2 aliphatic rings. The van der Waals surface area contributed by atoms with Crippen molar-refractivity contribution >= 4 is 0 Å². The molecule has 2 rings (SSSR count). The normalized spacial score (nSPS) is 33.2. The van der Waals surface area contributed by atoms with Crippen LogP contribution in [0.2, 0.25) is 0 Å². The van der Waals surface area contributed by atoms with E-state index >= 15 is 0 Å². The fourth-order valence-electron chi connectivity index (χ4n) is 2.99. The number of aliphatic hydroxyl groups excluding tert-OH is 1. The summed E-state index contributed by atoms with van der Waals surface area (Å²) >= 11 is 0. The molecule has 3 atom stereocenters. The standard InChI is InChI=1S/C12H18F5NO/c13-11(14)6-18(7-1-2-7)10-5-8(19)3-4-9(10)12(15,16)17/h7-11,19H,1-6H2. The van der Waals surface area contributed by atoms with Crippen LogP contribution in [0.1, 0.15) is 32.1 Å². The van der Waals surface area contributed by atoms with Gasteiger partial charge in [-0.2, -0.15) is 13.2 Å². The zero-order chi connectivity index (χ0) is 14.2. The first kappa shape index (κ1) is 15.0. The Morgan fingerprint density at radius 3 is 2.21 bits per heavy atom. The van der Waals surface area contributed by atoms with E-state index in [9.17, 15) is 27.1 Å². The van der Waals surface area contributed by atoms with E-state index in [0.717, 1.165) is 0 Å². The van der Waals surface area contributed by atoms with Crippen LogP contribution in [0.5, 0.6) is 0 Å². The van der Waals surface area contributed by atoms with E-state index in [-0.39, 0.29) is 25.3 Å². The third kappa shape index (κ3) is 3.78. The molecule has 0 aromatic carbocycles. The van der Waals surface area contributed by atoms with Crippen LogP contribution in [-0.2, 0) is 0 Å². The SMILES string of the molecule is OC1CCC(C(F)(F)F)C(N(CC(F)F)C2CC2)C1. The number of nitrogens with zero attached hydrogens (tertiary/aromatic N) is 1. The zero-order valence-corrected chi connectivity index (χ0v) is 10.4. The predicted molar refractivity (Wildman–Crippen MR) is 58.9 cm³/mol. The van der Waals surface area contributed by atoms with Gasteiger partial charge in [0.15, 0.2) is 0 Å². The molecule has 0 aromatic rings. The highest BCUT2D eigenvalue weighted by Crippen LogP contribution is 2.43. The Bertz CT molecular complexity index is 305. The van der Waals surface area contributed by atoms with Crippen molar-refractivity contribution in [2.75, 3.05) is 6.54 Å². The Morgan fingerprint density at radius 2 is 1.74 bits per heavy atom. The quantitative estimate of drug-likeness (QED) is 0.804. The second-order valence-corrected chi connectivity index (χ2v) is 5.50. The monoisotopic (exact) mass is 287 g/mol. The number of halogens is 5. The number of alkyl halides is 5. The fraction of sp³-hybridized carbons (Fsp3) is 1.00. The first-order chi connectivity index (χ1) is 8.79. The van der Waals surface area contributed by atoms with Gasteiger partial charge < -0.3 is 5.11 Å². The second kappa shape index (κ2) is 5.52. The van der Waals surface area contributed by atoms with Gasteiger partial charge in [-0.1, -0.05) is 0 Å². The summed E-state index contributed by atoms with van der Waals surface area (Å²) in [6.07, 6.45) is -6.66. The molecule has 0 aliphatic heterocycles. The Balaban J connectivity index is 2.14. The minimum atomic E-state index is -4.39. The van der Waals surface area contributed by atoms with Gasteiger partial charge in [-0.3, -0.25) is 4.90 Å². The summed E-state index contributed by atoms with van der Waals surface area (Å²) in [6, 6.07) is -1.18. The molecule has 2 nitrogen and oxygen atoms in total. The van der Waals surface area contributed by atoms with E-state index in [2.05, 4.69) is 0 Å². The lowest BCUT2D eigenvalue weighted by atomic mass is 9.81. The molecular weight excluding hydrogens is 269 g/mol. The van der Waals surface area contributed by atoms with Crippen molar-refractivity contribution < 1.29 is 27.1 Å². The van der Waals surface area contributed by atoms with Gasteiger partial charge in [0, 0.05) is 12.1 Å². The van der Waals surface area contributed by atoms with Gasteiger partial charge in [0.2, 0.25) is 0 Å². The van der Waals surface area contributed by atoms with E-state index in [1.54, 1.807) is 0 Å². The molecule has 2 saturated carbocycles. The lowest BCUT2D eigenvalue weighted by molar-refractivity contribution is -0.207. The molecule has 3 unspecified atom stereocenters. The molecule has 0 aromatic heterocycles. The molecule has 7 heteroatoms. The molecule has 112 valence electrons. The number of aliphatic hydroxyl groups is 1. The predicted octanol–water partition coefficient (Wildman–Crippen LogP) is 2.81. The first-order valence-corrected chi connectivity index (χ1v) is 6.57. The van der Waals surface area contributed by atoms with Crippen LogP contribution in [0.15, 0.2) is 0 Å². The second-order valence-electron chi connectivity index (χ2n) is 5.50. The Hall–Kier alpha value is -0.430. The highest BCUT2D eigenvalue weighted by atomic mass is 19.4. The van der Waals surface area contributed by atoms with E-state index in [1.165, 1.54) is 4.90 Å². The topological polar surface area (TPSA) is 23.5 Å². The molecule has 2 fully saturated rings. The summed E-state index contributed by atoms with van der Waals surface area (Å²) in [5, 5.41) is 9.57. The highest BCUT2D eigenvalue weighted by molar-refractivity contribution is 4.96. The van der Waals surface area contributed by atoms with E-state index in [1.807, 2.05) is 0 Å². The summed E-state index contributed by atoms with van der Waals surface area (Å²) < 4.78 is 64.1. The molecule has 0 saturated heterocycles. The molecule has 1 N–H and O–H groups in total. The minimum absolute atomic E-state index is 0.0621. The average Bonchev–Trinajstić information content (AvgIpc) is 3.07. The van der Waals surface area contributed by atoms with E-state index < -0.39 is 37.2 Å². The molecular formula is C12H18F5NO. The van der Waals surface area contributed by atoms with E-state index in [4.69, 9.17) is 0 Å². The van der Waals surface area contributed by atoms with Gasteiger partial charge in [0.05, 0.1) is 18.6 Å². The van der Waals surface area contributed by atoms with Crippen LogP contribution in [0.4, 0.5) is 22.0 Å². The van der Waals surface area contributed by atoms with Crippen LogP contribution >= 0.6 is 0 Å². The number of hydrogen-bond acceptors (Lipinski definition) is 2. The van der Waals surface area contributed by atoms with Gasteiger partial charge in [-0.25, -0.2) is 8.78 Å². The maximum Gasteiger partial charge on any atom is 0.393 e. The van der Waals surface area contributed by atoms with Crippen molar-refractivity contribution in [2.24, 2.45) is 5.92 Å². The fourth-order valence-corrected chi connectivity index (χ4v) is 2.99. The lowest BCUT2D eigenvalue weighted by Gasteiger charge is -2.42. The molecule has 0 spiro atoms. The summed E-state index contributed by atoms with van der Waals surface area (Å²) in [5.41, 5.74) is 0. The molecule has 19 heavy (non-hydrogen) atoms. The third-order valence-corrected chi connectivity index (χ3v) is 4.00. The van der Waals surface area contributed by atoms with Gasteiger partial charge in [0.1, 0.15) is 0 Å². The van der Waals surface area contributed by atoms with Crippen LogP contribution in [0.25, 0.3) is 0 Å². The maximum absolute atomic E-state index is 13.0. The Morgan fingerprint density at radius 1 is 1.11 bits per heavy atom. The van der Waals surface area contributed by atoms with Gasteiger partial charge in [0.25, 0.3) is 6.43 Å². The van der Waals surface area contributed by atoms with Crippen LogP contribution in [0.3, 0.4) is 0 Å². The molecule has 2 aliphatic carbocycles. The lowest BCUT2D eigenvalue weighted by Crippen LogP contribution is -2.52. The first-order valence-electron chi connectivity index (χ1n) is 6.57. The van der Waals surface area contributed by atoms with Crippen LogP contribution in [-0.4, -0.2) is 47.3 Å². The minimum Gasteiger partial charge on any atom is -0.393 e. The molecule has 0 bridgehead atoms. The van der Waals surface area contributed by atoms with E-state index in [0.29, 0.717) is 12.8 Å². The summed E-state index contributed by atoms with van der Waals surface area (Å²) in [7, 11) is 0. The van der Waals surface area contributed by atoms with Crippen molar-refractivity contribution in [1.82, 2.24) is 4.90 Å². The Labute approximate surface area is 108 Å². The summed E-state index contributed by atoms with van der Waals surface area (Å²) in [6.45, 7) is -0.630. The summed E-state index contributed by atoms with van der Waals surface area (Å²) in [5.74, 6) is -1.60. The number of rotatable bonds is 4. The molecule has 0 amide bonds. The summed E-state index contributed by atoms with van der Waals surface area (Å²) in [4.78, 5) is 1.28. The highest BCUT2D eigenvalue weighted by Gasteiger charge is 2.51. The van der Waals surface area contributed by atoms with Crippen LogP contribution in [0, 0.1) is 5.92 Å². The third-order valence-electron chi connectivity index (χ3n) is 4.00. The number of hydrogen-bond donors (Lipinski definition) is 1. The maximum atomic E-state index is 13.0. The van der Waals surface area contributed by atoms with Crippen molar-refractivity contribution in [3.05, 3.63) is 0 Å². The smallest absolute Gasteiger partial charge is 0.393 e. The van der Waals surface area contributed by atoms with Gasteiger partial charge >= 0.3 is 6.18 Å². The average molecular weight is 287 g/mol. The van der Waals surface area contributed by atoms with Gasteiger partial charge in [-0.15, -0.1) is 0 Å². The molecule has 0 heterocycles. The Kier molecular flexibility index (Phi) is 4.35.